The van der Waals surface area contributed by atoms with Crippen LogP contribution in [0.5, 0.6) is 0 Å². The monoisotopic (exact) mass is 387 g/mol. The zero-order valence-corrected chi connectivity index (χ0v) is 16.4. The van der Waals surface area contributed by atoms with Crippen molar-refractivity contribution in [3.05, 3.63) is 77.5 Å². The molecule has 1 aliphatic rings. The number of fused-ring (bicyclic) bond motifs is 1. The molecule has 5 heteroatoms. The number of rotatable bonds is 7. The van der Waals surface area contributed by atoms with E-state index in [1.54, 1.807) is 6.92 Å². The van der Waals surface area contributed by atoms with E-state index in [0.29, 0.717) is 12.0 Å². The molecule has 0 aliphatic heterocycles. The third-order valence-electron chi connectivity index (χ3n) is 5.19. The molecular weight excluding hydrogens is 362 g/mol. The standard InChI is InChI=1S/C24H25N3O2/c1-16(13-17-7-3-2-4-8-17)23(28)27-22(24(29)26-19-11-12-19)14-18-15-25-21-10-6-5-9-20(18)21/h2-10,13,15,19,22,25H,11-12,14H2,1H3,(H,26,29)(H,27,28)/b16-13+/t22-/m0/s1. The molecule has 1 saturated carbocycles. The molecule has 1 aromatic heterocycles. The van der Waals surface area contributed by atoms with E-state index in [4.69, 9.17) is 0 Å². The SMILES string of the molecule is C/C(=C\c1ccccc1)C(=O)N[C@@H](Cc1c[nH]c2ccccc12)C(=O)NC1CC1. The van der Waals surface area contributed by atoms with Gasteiger partial charge in [-0.2, -0.15) is 0 Å². The normalized spacial score (nSPS) is 15.1. The number of nitrogens with one attached hydrogen (secondary N) is 3. The molecule has 0 radical (unpaired) electrons. The lowest BCUT2D eigenvalue weighted by Gasteiger charge is -2.18. The first-order valence-electron chi connectivity index (χ1n) is 10.00. The van der Waals surface area contributed by atoms with Gasteiger partial charge in [0.25, 0.3) is 0 Å². The van der Waals surface area contributed by atoms with E-state index in [9.17, 15) is 9.59 Å². The number of aromatic amines is 1. The highest BCUT2D eigenvalue weighted by Gasteiger charge is 2.29. The molecule has 0 saturated heterocycles. The smallest absolute Gasteiger partial charge is 0.247 e. The number of amides is 2. The van der Waals surface area contributed by atoms with Gasteiger partial charge in [-0.3, -0.25) is 9.59 Å². The molecule has 1 heterocycles. The van der Waals surface area contributed by atoms with Crippen molar-refractivity contribution in [2.45, 2.75) is 38.3 Å². The lowest BCUT2D eigenvalue weighted by molar-refractivity contribution is -0.127. The third-order valence-corrected chi connectivity index (χ3v) is 5.19. The Kier molecular flexibility index (Phi) is 5.47. The Morgan fingerprint density at radius 2 is 1.83 bits per heavy atom. The Balaban J connectivity index is 1.53. The van der Waals surface area contributed by atoms with Crippen LogP contribution in [0, 0.1) is 0 Å². The van der Waals surface area contributed by atoms with Crippen LogP contribution in [-0.2, 0) is 16.0 Å². The summed E-state index contributed by atoms with van der Waals surface area (Å²) in [6.07, 6.45) is 6.20. The van der Waals surface area contributed by atoms with E-state index in [1.807, 2.05) is 66.9 Å². The Morgan fingerprint density at radius 3 is 2.59 bits per heavy atom. The van der Waals surface area contributed by atoms with Gasteiger partial charge in [0.05, 0.1) is 0 Å². The molecule has 0 unspecified atom stereocenters. The zero-order chi connectivity index (χ0) is 20.2. The maximum absolute atomic E-state index is 12.8. The molecule has 4 rings (SSSR count). The molecule has 2 aromatic carbocycles. The summed E-state index contributed by atoms with van der Waals surface area (Å²) < 4.78 is 0. The zero-order valence-electron chi connectivity index (χ0n) is 16.4. The molecule has 1 fully saturated rings. The summed E-state index contributed by atoms with van der Waals surface area (Å²) in [4.78, 5) is 28.8. The summed E-state index contributed by atoms with van der Waals surface area (Å²) in [5.74, 6) is -0.358. The van der Waals surface area contributed by atoms with Crippen LogP contribution in [0.25, 0.3) is 17.0 Å². The number of aromatic nitrogens is 1. The third kappa shape index (κ3) is 4.74. The van der Waals surface area contributed by atoms with Crippen LogP contribution in [0.4, 0.5) is 0 Å². The minimum atomic E-state index is -0.624. The highest BCUT2D eigenvalue weighted by molar-refractivity contribution is 6.00. The highest BCUT2D eigenvalue weighted by Crippen LogP contribution is 2.21. The summed E-state index contributed by atoms with van der Waals surface area (Å²) in [5, 5.41) is 7.04. The average Bonchev–Trinajstić information content (AvgIpc) is 3.46. The van der Waals surface area contributed by atoms with E-state index < -0.39 is 6.04 Å². The first kappa shape index (κ1) is 19.0. The Morgan fingerprint density at radius 1 is 1.10 bits per heavy atom. The van der Waals surface area contributed by atoms with Gasteiger partial charge < -0.3 is 15.6 Å². The van der Waals surface area contributed by atoms with Crippen molar-refractivity contribution < 1.29 is 9.59 Å². The first-order chi connectivity index (χ1) is 14.1. The lowest BCUT2D eigenvalue weighted by Crippen LogP contribution is -2.48. The minimum Gasteiger partial charge on any atom is -0.361 e. The number of H-pyrrole nitrogens is 1. The van der Waals surface area contributed by atoms with Crippen LogP contribution >= 0.6 is 0 Å². The fraction of sp³-hybridized carbons (Fsp3) is 0.250. The fourth-order valence-electron chi connectivity index (χ4n) is 3.40. The maximum atomic E-state index is 12.8. The van der Waals surface area contributed by atoms with Gasteiger partial charge in [-0.05, 0) is 43.0 Å². The van der Waals surface area contributed by atoms with E-state index in [2.05, 4.69) is 15.6 Å². The van der Waals surface area contributed by atoms with E-state index in [-0.39, 0.29) is 17.9 Å². The Bertz CT molecular complexity index is 1050. The number of hydrogen-bond donors (Lipinski definition) is 3. The van der Waals surface area contributed by atoms with E-state index in [0.717, 1.165) is 34.9 Å². The van der Waals surface area contributed by atoms with E-state index in [1.165, 1.54) is 0 Å². The van der Waals surface area contributed by atoms with Crippen molar-refractivity contribution in [1.29, 1.82) is 0 Å². The molecule has 5 nitrogen and oxygen atoms in total. The fourth-order valence-corrected chi connectivity index (χ4v) is 3.40. The largest absolute Gasteiger partial charge is 0.361 e. The average molecular weight is 387 g/mol. The van der Waals surface area contributed by atoms with Crippen LogP contribution in [0.1, 0.15) is 30.9 Å². The van der Waals surface area contributed by atoms with Crippen LogP contribution in [-0.4, -0.2) is 28.9 Å². The Hall–Kier alpha value is -3.34. The second-order valence-electron chi connectivity index (χ2n) is 7.61. The van der Waals surface area contributed by atoms with Gasteiger partial charge in [0.15, 0.2) is 0 Å². The molecule has 3 N–H and O–H groups in total. The van der Waals surface area contributed by atoms with Gasteiger partial charge in [-0.1, -0.05) is 48.5 Å². The summed E-state index contributed by atoms with van der Waals surface area (Å²) >= 11 is 0. The first-order valence-corrected chi connectivity index (χ1v) is 10.00. The van der Waals surface area contributed by atoms with Gasteiger partial charge in [0, 0.05) is 35.1 Å². The molecular formula is C24H25N3O2. The van der Waals surface area contributed by atoms with Crippen molar-refractivity contribution in [3.63, 3.8) is 0 Å². The van der Waals surface area contributed by atoms with Crippen molar-refractivity contribution >= 4 is 28.8 Å². The van der Waals surface area contributed by atoms with Crippen molar-refractivity contribution in [2.75, 3.05) is 0 Å². The van der Waals surface area contributed by atoms with Crippen LogP contribution in [0.2, 0.25) is 0 Å². The second-order valence-corrected chi connectivity index (χ2v) is 7.61. The second kappa shape index (κ2) is 8.35. The quantitative estimate of drug-likeness (QED) is 0.542. The molecule has 29 heavy (non-hydrogen) atoms. The van der Waals surface area contributed by atoms with Gasteiger partial charge >= 0.3 is 0 Å². The van der Waals surface area contributed by atoms with Crippen LogP contribution in [0.3, 0.4) is 0 Å². The number of para-hydroxylation sites is 1. The minimum absolute atomic E-state index is 0.126. The molecule has 0 bridgehead atoms. The molecule has 148 valence electrons. The van der Waals surface area contributed by atoms with Crippen molar-refractivity contribution in [3.8, 4) is 0 Å². The maximum Gasteiger partial charge on any atom is 0.247 e. The topological polar surface area (TPSA) is 74.0 Å². The number of carbonyl (C=O) groups is 2. The summed E-state index contributed by atoms with van der Waals surface area (Å²) in [6.45, 7) is 1.77. The molecule has 1 atom stereocenters. The summed E-state index contributed by atoms with van der Waals surface area (Å²) in [5.41, 5.74) is 3.56. The van der Waals surface area contributed by atoms with Crippen molar-refractivity contribution in [2.24, 2.45) is 0 Å². The predicted octanol–water partition coefficient (Wildman–Crippen LogP) is 3.58. The van der Waals surface area contributed by atoms with Gasteiger partial charge in [0.1, 0.15) is 6.04 Å². The number of benzene rings is 2. The molecule has 2 amide bonds. The van der Waals surface area contributed by atoms with E-state index >= 15 is 0 Å². The number of hydrogen-bond acceptors (Lipinski definition) is 2. The van der Waals surface area contributed by atoms with Crippen LogP contribution < -0.4 is 10.6 Å². The summed E-state index contributed by atoms with van der Waals surface area (Å²) in [7, 11) is 0. The molecule has 0 spiro atoms. The van der Waals surface area contributed by atoms with Gasteiger partial charge in [-0.15, -0.1) is 0 Å². The Labute approximate surface area is 170 Å². The predicted molar refractivity (Wildman–Crippen MR) is 115 cm³/mol. The lowest BCUT2D eigenvalue weighted by atomic mass is 10.0. The van der Waals surface area contributed by atoms with Crippen molar-refractivity contribution in [1.82, 2.24) is 15.6 Å². The van der Waals surface area contributed by atoms with Crippen LogP contribution in [0.15, 0.2) is 66.4 Å². The summed E-state index contributed by atoms with van der Waals surface area (Å²) in [6, 6.07) is 17.3. The molecule has 1 aliphatic carbocycles. The number of carbonyl (C=O) groups excluding carboxylic acids is 2. The van der Waals surface area contributed by atoms with Gasteiger partial charge in [-0.25, -0.2) is 0 Å². The van der Waals surface area contributed by atoms with Gasteiger partial charge in [0.2, 0.25) is 11.8 Å². The highest BCUT2D eigenvalue weighted by atomic mass is 16.2. The molecule has 3 aromatic rings.